The SMILES string of the molecule is COc1ncc(-c2ccc(C(N)=O)c(C(F)(F)F)c2)cn1. The van der Waals surface area contributed by atoms with Gasteiger partial charge in [-0.3, -0.25) is 4.79 Å². The van der Waals surface area contributed by atoms with Crippen molar-refractivity contribution >= 4 is 5.91 Å². The minimum absolute atomic E-state index is 0.101. The van der Waals surface area contributed by atoms with Crippen LogP contribution in [0.3, 0.4) is 0 Å². The predicted octanol–water partition coefficient (Wildman–Crippen LogP) is 2.27. The quantitative estimate of drug-likeness (QED) is 0.942. The second-order valence-corrected chi connectivity index (χ2v) is 4.08. The van der Waals surface area contributed by atoms with Crippen LogP contribution in [-0.2, 0) is 6.18 Å². The molecule has 0 aliphatic heterocycles. The summed E-state index contributed by atoms with van der Waals surface area (Å²) < 4.78 is 43.7. The molecule has 0 fully saturated rings. The van der Waals surface area contributed by atoms with E-state index in [1.165, 1.54) is 25.6 Å². The Morgan fingerprint density at radius 1 is 1.19 bits per heavy atom. The van der Waals surface area contributed by atoms with Crippen molar-refractivity contribution in [2.45, 2.75) is 6.18 Å². The Morgan fingerprint density at radius 3 is 2.29 bits per heavy atom. The summed E-state index contributed by atoms with van der Waals surface area (Å²) >= 11 is 0. The van der Waals surface area contributed by atoms with Gasteiger partial charge < -0.3 is 10.5 Å². The number of rotatable bonds is 3. The third-order valence-electron chi connectivity index (χ3n) is 2.73. The highest BCUT2D eigenvalue weighted by Gasteiger charge is 2.35. The first-order valence-electron chi connectivity index (χ1n) is 5.70. The maximum atomic E-state index is 13.0. The number of halogens is 3. The number of carbonyl (C=O) groups excluding carboxylic acids is 1. The predicted molar refractivity (Wildman–Crippen MR) is 67.5 cm³/mol. The summed E-state index contributed by atoms with van der Waals surface area (Å²) in [4.78, 5) is 18.7. The first-order chi connectivity index (χ1) is 9.82. The highest BCUT2D eigenvalue weighted by Crippen LogP contribution is 2.34. The van der Waals surface area contributed by atoms with Crippen LogP contribution in [-0.4, -0.2) is 23.0 Å². The topological polar surface area (TPSA) is 78.1 Å². The lowest BCUT2D eigenvalue weighted by Crippen LogP contribution is -2.18. The molecule has 1 heterocycles. The van der Waals surface area contributed by atoms with E-state index in [0.717, 1.165) is 12.1 Å². The number of carbonyl (C=O) groups is 1. The van der Waals surface area contributed by atoms with Gasteiger partial charge in [-0.05, 0) is 17.7 Å². The maximum Gasteiger partial charge on any atom is 0.417 e. The Hall–Kier alpha value is -2.64. The zero-order valence-corrected chi connectivity index (χ0v) is 10.8. The number of aromatic nitrogens is 2. The molecule has 0 unspecified atom stereocenters. The van der Waals surface area contributed by atoms with Gasteiger partial charge >= 0.3 is 12.2 Å². The molecular weight excluding hydrogens is 287 g/mol. The Morgan fingerprint density at radius 2 is 1.81 bits per heavy atom. The van der Waals surface area contributed by atoms with Crippen LogP contribution in [0.5, 0.6) is 6.01 Å². The largest absolute Gasteiger partial charge is 0.467 e. The Bertz CT molecular complexity index is 669. The molecule has 5 nitrogen and oxygen atoms in total. The second-order valence-electron chi connectivity index (χ2n) is 4.08. The Balaban J connectivity index is 2.53. The molecule has 0 saturated carbocycles. The van der Waals surface area contributed by atoms with Crippen molar-refractivity contribution in [3.05, 3.63) is 41.7 Å². The number of alkyl halides is 3. The van der Waals surface area contributed by atoms with Gasteiger partial charge in [-0.1, -0.05) is 6.07 Å². The van der Waals surface area contributed by atoms with Crippen molar-refractivity contribution in [2.24, 2.45) is 5.73 Å². The van der Waals surface area contributed by atoms with E-state index < -0.39 is 23.2 Å². The minimum atomic E-state index is -4.69. The molecule has 2 N–H and O–H groups in total. The molecule has 0 spiro atoms. The zero-order chi connectivity index (χ0) is 15.6. The monoisotopic (exact) mass is 297 g/mol. The van der Waals surface area contributed by atoms with Gasteiger partial charge in [0.25, 0.3) is 0 Å². The normalized spacial score (nSPS) is 11.2. The van der Waals surface area contributed by atoms with Gasteiger partial charge in [0.1, 0.15) is 0 Å². The number of ether oxygens (including phenoxy) is 1. The van der Waals surface area contributed by atoms with Crippen LogP contribution in [0, 0.1) is 0 Å². The fraction of sp³-hybridized carbons (Fsp3) is 0.154. The molecule has 1 aromatic carbocycles. The van der Waals surface area contributed by atoms with Crippen LogP contribution in [0.2, 0.25) is 0 Å². The van der Waals surface area contributed by atoms with E-state index in [1.54, 1.807) is 0 Å². The Labute approximate surface area is 117 Å². The molecule has 110 valence electrons. The fourth-order valence-electron chi connectivity index (χ4n) is 1.74. The highest BCUT2D eigenvalue weighted by atomic mass is 19.4. The van der Waals surface area contributed by atoms with E-state index in [9.17, 15) is 18.0 Å². The number of amides is 1. The molecule has 0 aliphatic rings. The maximum absolute atomic E-state index is 13.0. The van der Waals surface area contributed by atoms with Crippen LogP contribution in [0.4, 0.5) is 13.2 Å². The van der Waals surface area contributed by atoms with Crippen molar-refractivity contribution in [3.63, 3.8) is 0 Å². The summed E-state index contributed by atoms with van der Waals surface area (Å²) in [7, 11) is 1.37. The number of nitrogens with two attached hydrogens (primary N) is 1. The van der Waals surface area contributed by atoms with Crippen molar-refractivity contribution in [2.75, 3.05) is 7.11 Å². The number of hydrogen-bond acceptors (Lipinski definition) is 4. The molecule has 1 amide bonds. The van der Waals surface area contributed by atoms with Crippen LogP contribution >= 0.6 is 0 Å². The first-order valence-corrected chi connectivity index (χ1v) is 5.70. The van der Waals surface area contributed by atoms with Crippen molar-refractivity contribution in [1.29, 1.82) is 0 Å². The van der Waals surface area contributed by atoms with E-state index in [-0.39, 0.29) is 11.6 Å². The minimum Gasteiger partial charge on any atom is -0.467 e. The summed E-state index contributed by atoms with van der Waals surface area (Å²) in [5.41, 5.74) is 3.86. The first kappa shape index (κ1) is 14.8. The molecular formula is C13H10F3N3O2. The van der Waals surface area contributed by atoms with Gasteiger partial charge in [0, 0.05) is 18.0 Å². The van der Waals surface area contributed by atoms with Crippen molar-refractivity contribution < 1.29 is 22.7 Å². The number of nitrogens with zero attached hydrogens (tertiary/aromatic N) is 2. The summed E-state index contributed by atoms with van der Waals surface area (Å²) in [5.74, 6) is -1.14. The van der Waals surface area contributed by atoms with Crippen molar-refractivity contribution in [1.82, 2.24) is 9.97 Å². The number of benzene rings is 1. The second kappa shape index (κ2) is 5.39. The van der Waals surface area contributed by atoms with Gasteiger partial charge in [0.05, 0.1) is 18.2 Å². The molecule has 0 radical (unpaired) electrons. The summed E-state index contributed by atoms with van der Waals surface area (Å²) in [5, 5.41) is 0. The summed E-state index contributed by atoms with van der Waals surface area (Å²) in [6.07, 6.45) is -2.04. The lowest BCUT2D eigenvalue weighted by Gasteiger charge is -2.12. The number of hydrogen-bond donors (Lipinski definition) is 1. The van der Waals surface area contributed by atoms with Crippen molar-refractivity contribution in [3.8, 4) is 17.1 Å². The Kier molecular flexibility index (Phi) is 3.79. The van der Waals surface area contributed by atoms with Crippen LogP contribution < -0.4 is 10.5 Å². The van der Waals surface area contributed by atoms with Crippen LogP contribution in [0.25, 0.3) is 11.1 Å². The van der Waals surface area contributed by atoms with E-state index in [1.807, 2.05) is 0 Å². The smallest absolute Gasteiger partial charge is 0.417 e. The molecule has 1 aromatic heterocycles. The molecule has 0 bridgehead atoms. The fourth-order valence-corrected chi connectivity index (χ4v) is 1.74. The number of primary amides is 1. The van der Waals surface area contributed by atoms with Gasteiger partial charge in [0.15, 0.2) is 0 Å². The van der Waals surface area contributed by atoms with Gasteiger partial charge in [-0.25, -0.2) is 9.97 Å². The van der Waals surface area contributed by atoms with Crippen LogP contribution in [0.1, 0.15) is 15.9 Å². The average Bonchev–Trinajstić information content (AvgIpc) is 2.45. The molecule has 0 aliphatic carbocycles. The zero-order valence-electron chi connectivity index (χ0n) is 10.8. The van der Waals surface area contributed by atoms with E-state index in [4.69, 9.17) is 10.5 Å². The third-order valence-corrected chi connectivity index (χ3v) is 2.73. The van der Waals surface area contributed by atoms with E-state index in [2.05, 4.69) is 9.97 Å². The average molecular weight is 297 g/mol. The molecule has 21 heavy (non-hydrogen) atoms. The van der Waals surface area contributed by atoms with Gasteiger partial charge in [-0.2, -0.15) is 13.2 Å². The third kappa shape index (κ3) is 3.10. The number of methoxy groups -OCH3 is 1. The van der Waals surface area contributed by atoms with Crippen LogP contribution in [0.15, 0.2) is 30.6 Å². The molecule has 0 saturated heterocycles. The standard InChI is InChI=1S/C13H10F3N3O2/c1-21-12-18-5-8(6-19-12)7-2-3-9(11(17)20)10(4-7)13(14,15)16/h2-6H,1H3,(H2,17,20). The molecule has 2 aromatic rings. The molecule has 2 rings (SSSR count). The summed E-state index contributed by atoms with van der Waals surface area (Å²) in [6, 6.07) is 3.32. The summed E-state index contributed by atoms with van der Waals surface area (Å²) in [6.45, 7) is 0. The highest BCUT2D eigenvalue weighted by molar-refractivity contribution is 5.95. The lowest BCUT2D eigenvalue weighted by molar-refractivity contribution is -0.137. The van der Waals surface area contributed by atoms with E-state index >= 15 is 0 Å². The lowest BCUT2D eigenvalue weighted by atomic mass is 10.00. The van der Waals surface area contributed by atoms with Gasteiger partial charge in [0.2, 0.25) is 5.91 Å². The molecule has 0 atom stereocenters. The van der Waals surface area contributed by atoms with Gasteiger partial charge in [-0.15, -0.1) is 0 Å². The molecule has 8 heteroatoms. The van der Waals surface area contributed by atoms with E-state index in [0.29, 0.717) is 5.56 Å².